The lowest BCUT2D eigenvalue weighted by Crippen LogP contribution is -2.47. The van der Waals surface area contributed by atoms with Crippen LogP contribution in [0.1, 0.15) is 11.1 Å². The van der Waals surface area contributed by atoms with Crippen molar-refractivity contribution >= 4 is 5.91 Å². The van der Waals surface area contributed by atoms with E-state index in [1.54, 1.807) is 6.07 Å². The second-order valence-corrected chi connectivity index (χ2v) is 4.38. The Kier molecular flexibility index (Phi) is 3.74. The zero-order chi connectivity index (χ0) is 12.3. The summed E-state index contributed by atoms with van der Waals surface area (Å²) < 4.78 is 13.1. The number of piperazine rings is 1. The maximum Gasteiger partial charge on any atom is 0.227 e. The molecule has 1 fully saturated rings. The number of rotatable bonds is 2. The number of nitrogens with zero attached hydrogens (tertiary/aromatic N) is 1. The molecule has 92 valence electrons. The number of carbonyl (C=O) groups is 1. The number of amides is 1. The van der Waals surface area contributed by atoms with E-state index in [1.165, 1.54) is 12.1 Å². The first-order valence-electron chi connectivity index (χ1n) is 5.90. The molecule has 1 N–H and O–H groups in total. The number of nitrogens with one attached hydrogen (secondary N) is 1. The molecule has 0 bridgehead atoms. The van der Waals surface area contributed by atoms with E-state index in [2.05, 4.69) is 5.32 Å². The molecule has 0 aromatic heterocycles. The van der Waals surface area contributed by atoms with Gasteiger partial charge in [0.1, 0.15) is 5.82 Å². The Labute approximate surface area is 101 Å². The summed E-state index contributed by atoms with van der Waals surface area (Å²) in [5, 5.41) is 3.20. The standard InChI is InChI=1S/C13H17FN2O/c1-10-2-3-12(14)8-11(10)9-13(17)16-6-4-15-5-7-16/h2-3,8,15H,4-7,9H2,1H3. The summed E-state index contributed by atoms with van der Waals surface area (Å²) >= 11 is 0. The molecule has 0 aliphatic carbocycles. The van der Waals surface area contributed by atoms with E-state index in [-0.39, 0.29) is 11.7 Å². The Morgan fingerprint density at radius 2 is 2.12 bits per heavy atom. The Hall–Kier alpha value is -1.42. The topological polar surface area (TPSA) is 32.3 Å². The molecule has 1 heterocycles. The molecular weight excluding hydrogens is 219 g/mol. The molecule has 2 rings (SSSR count). The number of carbonyl (C=O) groups excluding carboxylic acids is 1. The fraction of sp³-hybridized carbons (Fsp3) is 0.462. The van der Waals surface area contributed by atoms with Crippen LogP contribution >= 0.6 is 0 Å². The fourth-order valence-corrected chi connectivity index (χ4v) is 2.02. The second kappa shape index (κ2) is 5.27. The number of hydrogen-bond donors (Lipinski definition) is 1. The van der Waals surface area contributed by atoms with Crippen molar-refractivity contribution in [1.82, 2.24) is 10.2 Å². The summed E-state index contributed by atoms with van der Waals surface area (Å²) in [7, 11) is 0. The molecule has 1 amide bonds. The van der Waals surface area contributed by atoms with Gasteiger partial charge in [0, 0.05) is 26.2 Å². The van der Waals surface area contributed by atoms with Gasteiger partial charge in [-0.2, -0.15) is 0 Å². The summed E-state index contributed by atoms with van der Waals surface area (Å²) in [6.07, 6.45) is 0.295. The van der Waals surface area contributed by atoms with Gasteiger partial charge in [0.05, 0.1) is 6.42 Å². The summed E-state index contributed by atoms with van der Waals surface area (Å²) in [4.78, 5) is 13.8. The van der Waals surface area contributed by atoms with Crippen LogP contribution in [0.25, 0.3) is 0 Å². The minimum Gasteiger partial charge on any atom is -0.340 e. The van der Waals surface area contributed by atoms with Gasteiger partial charge in [0.15, 0.2) is 0 Å². The lowest BCUT2D eigenvalue weighted by molar-refractivity contribution is -0.131. The van der Waals surface area contributed by atoms with E-state index >= 15 is 0 Å². The third-order valence-electron chi connectivity index (χ3n) is 3.12. The minimum atomic E-state index is -0.279. The Morgan fingerprint density at radius 3 is 2.82 bits per heavy atom. The van der Waals surface area contributed by atoms with Crippen LogP contribution in [-0.2, 0) is 11.2 Å². The quantitative estimate of drug-likeness (QED) is 0.834. The molecule has 3 nitrogen and oxygen atoms in total. The lowest BCUT2D eigenvalue weighted by atomic mass is 10.0. The molecule has 0 saturated carbocycles. The minimum absolute atomic E-state index is 0.0835. The maximum atomic E-state index is 13.1. The largest absolute Gasteiger partial charge is 0.340 e. The van der Waals surface area contributed by atoms with Gasteiger partial charge in [-0.25, -0.2) is 4.39 Å². The van der Waals surface area contributed by atoms with Crippen molar-refractivity contribution in [2.75, 3.05) is 26.2 Å². The highest BCUT2D eigenvalue weighted by molar-refractivity contribution is 5.79. The number of aryl methyl sites for hydroxylation is 1. The molecule has 0 unspecified atom stereocenters. The SMILES string of the molecule is Cc1ccc(F)cc1CC(=O)N1CCNCC1. The molecule has 4 heteroatoms. The summed E-state index contributed by atoms with van der Waals surface area (Å²) in [5.74, 6) is -0.195. The molecule has 1 aromatic rings. The summed E-state index contributed by atoms with van der Waals surface area (Å²) in [6.45, 7) is 5.07. The van der Waals surface area contributed by atoms with E-state index < -0.39 is 0 Å². The first-order valence-corrected chi connectivity index (χ1v) is 5.90. The van der Waals surface area contributed by atoms with Gasteiger partial charge >= 0.3 is 0 Å². The molecule has 17 heavy (non-hydrogen) atoms. The Morgan fingerprint density at radius 1 is 1.41 bits per heavy atom. The van der Waals surface area contributed by atoms with Crippen molar-refractivity contribution in [3.8, 4) is 0 Å². The zero-order valence-corrected chi connectivity index (χ0v) is 10.0. The zero-order valence-electron chi connectivity index (χ0n) is 10.0. The highest BCUT2D eigenvalue weighted by Crippen LogP contribution is 2.12. The second-order valence-electron chi connectivity index (χ2n) is 4.38. The van der Waals surface area contributed by atoms with Crippen molar-refractivity contribution in [3.05, 3.63) is 35.1 Å². The van der Waals surface area contributed by atoms with Crippen LogP contribution in [0.15, 0.2) is 18.2 Å². The Bertz CT molecular complexity index is 414. The van der Waals surface area contributed by atoms with Gasteiger partial charge in [-0.1, -0.05) is 6.07 Å². The molecule has 1 aromatic carbocycles. The van der Waals surface area contributed by atoms with Crippen molar-refractivity contribution in [2.24, 2.45) is 0 Å². The predicted octanol–water partition coefficient (Wildman–Crippen LogP) is 1.11. The average molecular weight is 236 g/mol. The first kappa shape index (κ1) is 12.0. The van der Waals surface area contributed by atoms with Gasteiger partial charge in [-0.15, -0.1) is 0 Å². The fourth-order valence-electron chi connectivity index (χ4n) is 2.02. The highest BCUT2D eigenvalue weighted by atomic mass is 19.1. The molecule has 0 atom stereocenters. The van der Waals surface area contributed by atoms with E-state index in [0.29, 0.717) is 6.42 Å². The third-order valence-corrected chi connectivity index (χ3v) is 3.12. The van der Waals surface area contributed by atoms with Crippen LogP contribution in [0.3, 0.4) is 0 Å². The lowest BCUT2D eigenvalue weighted by Gasteiger charge is -2.27. The van der Waals surface area contributed by atoms with E-state index in [9.17, 15) is 9.18 Å². The van der Waals surface area contributed by atoms with Crippen LogP contribution in [0.2, 0.25) is 0 Å². The average Bonchev–Trinajstić information content (AvgIpc) is 2.35. The van der Waals surface area contributed by atoms with Gasteiger partial charge in [-0.05, 0) is 30.2 Å². The first-order chi connectivity index (χ1) is 8.16. The van der Waals surface area contributed by atoms with Crippen molar-refractivity contribution in [1.29, 1.82) is 0 Å². The number of hydrogen-bond acceptors (Lipinski definition) is 2. The van der Waals surface area contributed by atoms with E-state index in [4.69, 9.17) is 0 Å². The van der Waals surface area contributed by atoms with Crippen LogP contribution in [0, 0.1) is 12.7 Å². The van der Waals surface area contributed by atoms with Crippen molar-refractivity contribution in [2.45, 2.75) is 13.3 Å². The van der Waals surface area contributed by atoms with Gasteiger partial charge < -0.3 is 10.2 Å². The smallest absolute Gasteiger partial charge is 0.227 e. The predicted molar refractivity (Wildman–Crippen MR) is 64.3 cm³/mol. The van der Waals surface area contributed by atoms with Crippen LogP contribution < -0.4 is 5.32 Å². The van der Waals surface area contributed by atoms with E-state index in [0.717, 1.165) is 37.3 Å². The van der Waals surface area contributed by atoms with Crippen LogP contribution in [0.5, 0.6) is 0 Å². The van der Waals surface area contributed by atoms with Crippen molar-refractivity contribution < 1.29 is 9.18 Å². The highest BCUT2D eigenvalue weighted by Gasteiger charge is 2.17. The van der Waals surface area contributed by atoms with Crippen molar-refractivity contribution in [3.63, 3.8) is 0 Å². The maximum absolute atomic E-state index is 13.1. The molecule has 1 aliphatic heterocycles. The molecular formula is C13H17FN2O. The number of halogens is 1. The van der Waals surface area contributed by atoms with Gasteiger partial charge in [0.25, 0.3) is 0 Å². The Balaban J connectivity index is 2.04. The summed E-state index contributed by atoms with van der Waals surface area (Å²) in [6, 6.07) is 4.60. The summed E-state index contributed by atoms with van der Waals surface area (Å²) in [5.41, 5.74) is 1.75. The van der Waals surface area contributed by atoms with Gasteiger partial charge in [-0.3, -0.25) is 4.79 Å². The van der Waals surface area contributed by atoms with Crippen LogP contribution in [-0.4, -0.2) is 37.0 Å². The molecule has 1 aliphatic rings. The van der Waals surface area contributed by atoms with E-state index in [1.807, 2.05) is 11.8 Å². The molecule has 0 spiro atoms. The normalized spacial score (nSPS) is 16.0. The molecule has 0 radical (unpaired) electrons. The molecule has 1 saturated heterocycles. The van der Waals surface area contributed by atoms with Crippen LogP contribution in [0.4, 0.5) is 4.39 Å². The number of benzene rings is 1. The van der Waals surface area contributed by atoms with Gasteiger partial charge in [0.2, 0.25) is 5.91 Å². The monoisotopic (exact) mass is 236 g/mol. The third kappa shape index (κ3) is 3.03.